The Labute approximate surface area is 156 Å². The van der Waals surface area contributed by atoms with Crippen molar-refractivity contribution in [1.29, 1.82) is 0 Å². The maximum Gasteiger partial charge on any atom is 0.246 e. The molecule has 1 fully saturated rings. The third-order valence-corrected chi connectivity index (χ3v) is 4.55. The summed E-state index contributed by atoms with van der Waals surface area (Å²) in [5, 5.41) is 3.97. The molecule has 7 nitrogen and oxygen atoms in total. The zero-order valence-electron chi connectivity index (χ0n) is 15.6. The monoisotopic (exact) mass is 374 g/mol. The summed E-state index contributed by atoms with van der Waals surface area (Å²) < 4.78 is 11.0. The first kappa shape index (κ1) is 21.9. The van der Waals surface area contributed by atoms with Crippen LogP contribution in [0.4, 0.5) is 0 Å². The first-order valence-corrected chi connectivity index (χ1v) is 8.81. The maximum absolute atomic E-state index is 12.6. The fourth-order valence-corrected chi connectivity index (χ4v) is 3.12. The Balaban J connectivity index is 0.00000312. The van der Waals surface area contributed by atoms with Gasteiger partial charge in [-0.1, -0.05) is 25.4 Å². The van der Waals surface area contributed by atoms with E-state index in [0.717, 1.165) is 19.3 Å². The maximum atomic E-state index is 12.6. The SMILES string of the molecule is CC(C)COC(C)c1noc(CN(C)C(=O)[C@@H]2CCC[C@@H]2CN)n1.Cl. The molecule has 1 aliphatic rings. The molecule has 1 aromatic rings. The topological polar surface area (TPSA) is 94.5 Å². The van der Waals surface area contributed by atoms with Crippen LogP contribution in [0.5, 0.6) is 0 Å². The second kappa shape index (κ2) is 10.1. The van der Waals surface area contributed by atoms with Crippen molar-refractivity contribution >= 4 is 18.3 Å². The van der Waals surface area contributed by atoms with Gasteiger partial charge in [0, 0.05) is 19.6 Å². The number of carbonyl (C=O) groups excluding carboxylic acids is 1. The van der Waals surface area contributed by atoms with Crippen molar-refractivity contribution in [3.05, 3.63) is 11.7 Å². The van der Waals surface area contributed by atoms with E-state index in [-0.39, 0.29) is 30.3 Å². The van der Waals surface area contributed by atoms with Gasteiger partial charge in [0.25, 0.3) is 0 Å². The molecule has 1 aliphatic carbocycles. The van der Waals surface area contributed by atoms with E-state index in [1.165, 1.54) is 0 Å². The van der Waals surface area contributed by atoms with Crippen molar-refractivity contribution in [2.45, 2.75) is 52.7 Å². The highest BCUT2D eigenvalue weighted by molar-refractivity contribution is 5.85. The van der Waals surface area contributed by atoms with Gasteiger partial charge in [0.2, 0.25) is 11.8 Å². The van der Waals surface area contributed by atoms with Gasteiger partial charge in [0.1, 0.15) is 6.10 Å². The lowest BCUT2D eigenvalue weighted by molar-refractivity contribution is -0.136. The van der Waals surface area contributed by atoms with Gasteiger partial charge in [-0.2, -0.15) is 4.98 Å². The number of halogens is 1. The third kappa shape index (κ3) is 5.94. The molecule has 2 N–H and O–H groups in total. The zero-order chi connectivity index (χ0) is 17.7. The molecule has 1 aromatic heterocycles. The zero-order valence-corrected chi connectivity index (χ0v) is 16.4. The van der Waals surface area contributed by atoms with Crippen LogP contribution in [0, 0.1) is 17.8 Å². The predicted octanol–water partition coefficient (Wildman–Crippen LogP) is 2.56. The molecule has 25 heavy (non-hydrogen) atoms. The molecule has 1 amide bonds. The van der Waals surface area contributed by atoms with Crippen molar-refractivity contribution in [1.82, 2.24) is 15.0 Å². The Morgan fingerprint density at radius 2 is 2.12 bits per heavy atom. The summed E-state index contributed by atoms with van der Waals surface area (Å²) in [5.74, 6) is 1.84. The number of ether oxygens (including phenoxy) is 1. The number of hydrogen-bond acceptors (Lipinski definition) is 6. The van der Waals surface area contributed by atoms with E-state index < -0.39 is 0 Å². The quantitative estimate of drug-likeness (QED) is 0.751. The summed E-state index contributed by atoms with van der Waals surface area (Å²) in [7, 11) is 1.77. The van der Waals surface area contributed by atoms with E-state index in [9.17, 15) is 4.79 Å². The fraction of sp³-hybridized carbons (Fsp3) is 0.824. The third-order valence-electron chi connectivity index (χ3n) is 4.55. The summed E-state index contributed by atoms with van der Waals surface area (Å²) in [6.07, 6.45) is 2.81. The van der Waals surface area contributed by atoms with Crippen LogP contribution in [0.25, 0.3) is 0 Å². The van der Waals surface area contributed by atoms with Crippen molar-refractivity contribution in [2.24, 2.45) is 23.5 Å². The highest BCUT2D eigenvalue weighted by atomic mass is 35.5. The van der Waals surface area contributed by atoms with Gasteiger partial charge in [-0.3, -0.25) is 4.79 Å². The molecule has 0 radical (unpaired) electrons. The average Bonchev–Trinajstić information content (AvgIpc) is 3.20. The van der Waals surface area contributed by atoms with Crippen LogP contribution in [0.2, 0.25) is 0 Å². The molecule has 0 spiro atoms. The fourth-order valence-electron chi connectivity index (χ4n) is 3.12. The number of nitrogens with two attached hydrogens (primary N) is 1. The van der Waals surface area contributed by atoms with Crippen molar-refractivity contribution < 1.29 is 14.1 Å². The summed E-state index contributed by atoms with van der Waals surface area (Å²) in [4.78, 5) is 18.6. The molecule has 8 heteroatoms. The van der Waals surface area contributed by atoms with Crippen LogP contribution in [0.3, 0.4) is 0 Å². The summed E-state index contributed by atoms with van der Waals surface area (Å²) >= 11 is 0. The number of rotatable bonds is 8. The lowest BCUT2D eigenvalue weighted by atomic mass is 9.95. The van der Waals surface area contributed by atoms with Crippen LogP contribution >= 0.6 is 12.4 Å². The Bertz CT molecular complexity index is 538. The molecule has 1 heterocycles. The first-order valence-electron chi connectivity index (χ1n) is 8.81. The molecule has 2 rings (SSSR count). The van der Waals surface area contributed by atoms with E-state index in [1.807, 2.05) is 6.92 Å². The smallest absolute Gasteiger partial charge is 0.246 e. The lowest BCUT2D eigenvalue weighted by Crippen LogP contribution is -2.36. The number of amides is 1. The minimum atomic E-state index is -0.220. The minimum absolute atomic E-state index is 0. The highest BCUT2D eigenvalue weighted by Crippen LogP contribution is 2.32. The molecule has 1 unspecified atom stereocenters. The Morgan fingerprint density at radius 1 is 1.40 bits per heavy atom. The van der Waals surface area contributed by atoms with Gasteiger partial charge in [-0.05, 0) is 38.1 Å². The molecular weight excluding hydrogens is 344 g/mol. The van der Waals surface area contributed by atoms with Crippen molar-refractivity contribution in [3.8, 4) is 0 Å². The largest absolute Gasteiger partial charge is 0.370 e. The number of hydrogen-bond donors (Lipinski definition) is 1. The van der Waals surface area contributed by atoms with Gasteiger partial charge >= 0.3 is 0 Å². The summed E-state index contributed by atoms with van der Waals surface area (Å²) in [6, 6.07) is 0. The van der Waals surface area contributed by atoms with Gasteiger partial charge in [-0.25, -0.2) is 0 Å². The molecule has 0 aliphatic heterocycles. The second-order valence-electron chi connectivity index (χ2n) is 7.14. The average molecular weight is 375 g/mol. The number of nitrogens with zero attached hydrogens (tertiary/aromatic N) is 3. The molecule has 3 atom stereocenters. The van der Waals surface area contributed by atoms with Crippen LogP contribution in [0.1, 0.15) is 57.9 Å². The molecule has 144 valence electrons. The Hall–Kier alpha value is -1.18. The predicted molar refractivity (Wildman–Crippen MR) is 97.1 cm³/mol. The first-order chi connectivity index (χ1) is 11.4. The van der Waals surface area contributed by atoms with E-state index in [1.54, 1.807) is 11.9 Å². The molecule has 0 saturated heterocycles. The summed E-state index contributed by atoms with van der Waals surface area (Å²) in [5.41, 5.74) is 5.78. The van der Waals surface area contributed by atoms with Crippen LogP contribution < -0.4 is 5.73 Å². The number of carbonyl (C=O) groups is 1. The van der Waals surface area contributed by atoms with Crippen LogP contribution in [0.15, 0.2) is 4.52 Å². The molecule has 0 aromatic carbocycles. The van der Waals surface area contributed by atoms with Crippen LogP contribution in [-0.2, 0) is 16.1 Å². The summed E-state index contributed by atoms with van der Waals surface area (Å²) in [6.45, 7) is 7.61. The van der Waals surface area contributed by atoms with Gasteiger partial charge in [0.05, 0.1) is 6.54 Å². The Morgan fingerprint density at radius 3 is 2.76 bits per heavy atom. The normalized spacial score (nSPS) is 21.2. The number of aromatic nitrogens is 2. The van der Waals surface area contributed by atoms with E-state index >= 15 is 0 Å². The molecule has 0 bridgehead atoms. The molecular formula is C17H31ClN4O3. The van der Waals surface area contributed by atoms with Gasteiger partial charge < -0.3 is 19.9 Å². The van der Waals surface area contributed by atoms with Gasteiger partial charge in [-0.15, -0.1) is 12.4 Å². The van der Waals surface area contributed by atoms with E-state index in [4.69, 9.17) is 15.0 Å². The van der Waals surface area contributed by atoms with Crippen LogP contribution in [-0.4, -0.2) is 41.1 Å². The van der Waals surface area contributed by atoms with Crippen molar-refractivity contribution in [2.75, 3.05) is 20.2 Å². The van der Waals surface area contributed by atoms with Crippen molar-refractivity contribution in [3.63, 3.8) is 0 Å². The highest BCUT2D eigenvalue weighted by Gasteiger charge is 2.34. The van der Waals surface area contributed by atoms with E-state index in [0.29, 0.717) is 43.2 Å². The second-order valence-corrected chi connectivity index (χ2v) is 7.14. The van der Waals surface area contributed by atoms with E-state index in [2.05, 4.69) is 24.0 Å². The molecule has 1 saturated carbocycles. The standard InChI is InChI=1S/C17H30N4O3.ClH/c1-11(2)10-23-12(3)16-19-15(24-20-16)9-21(4)17(22)14-7-5-6-13(14)8-18;/h11-14H,5-10,18H2,1-4H3;1H/t12?,13-,14-;/m1./s1. The minimum Gasteiger partial charge on any atom is -0.370 e. The lowest BCUT2D eigenvalue weighted by Gasteiger charge is -2.23. The Kier molecular flexibility index (Phi) is 8.82. The van der Waals surface area contributed by atoms with Gasteiger partial charge in [0.15, 0.2) is 5.82 Å².